The first kappa shape index (κ1) is 18.2. The van der Waals surface area contributed by atoms with E-state index in [1.807, 2.05) is 31.2 Å². The Hall–Kier alpha value is -0.803. The van der Waals surface area contributed by atoms with Crippen molar-refractivity contribution >= 4 is 8.32 Å². The van der Waals surface area contributed by atoms with Crippen molar-refractivity contribution in [2.24, 2.45) is 0 Å². The van der Waals surface area contributed by atoms with E-state index < -0.39 is 8.32 Å². The van der Waals surface area contributed by atoms with Crippen molar-refractivity contribution in [1.82, 2.24) is 0 Å². The monoisotopic (exact) mass is 308 g/mol. The SMILES string of the molecule is CCC(O)c1ccc(O[Si](C(C)C)(C(C)C)C(C)C)cc1. The van der Waals surface area contributed by atoms with Gasteiger partial charge in [-0.1, -0.05) is 60.6 Å². The van der Waals surface area contributed by atoms with Crippen molar-refractivity contribution in [3.63, 3.8) is 0 Å². The van der Waals surface area contributed by atoms with Crippen molar-refractivity contribution in [1.29, 1.82) is 0 Å². The molecular formula is C18H32O2Si. The molecule has 0 saturated carbocycles. The Labute approximate surface area is 131 Å². The van der Waals surface area contributed by atoms with Gasteiger partial charge in [0.05, 0.1) is 6.10 Å². The van der Waals surface area contributed by atoms with Gasteiger partial charge in [0, 0.05) is 0 Å². The van der Waals surface area contributed by atoms with Gasteiger partial charge in [0.2, 0.25) is 0 Å². The minimum atomic E-state index is -1.88. The number of rotatable bonds is 7. The molecule has 1 atom stereocenters. The molecule has 0 aliphatic carbocycles. The second-order valence-corrected chi connectivity index (χ2v) is 12.3. The van der Waals surface area contributed by atoms with Crippen LogP contribution in [0.2, 0.25) is 16.6 Å². The Morgan fingerprint density at radius 2 is 1.33 bits per heavy atom. The highest BCUT2D eigenvalue weighted by Crippen LogP contribution is 2.42. The molecule has 3 heteroatoms. The van der Waals surface area contributed by atoms with Crippen LogP contribution in [0.25, 0.3) is 0 Å². The Balaban J connectivity index is 3.04. The van der Waals surface area contributed by atoms with Crippen LogP contribution in [0.15, 0.2) is 24.3 Å². The number of aliphatic hydroxyl groups is 1. The van der Waals surface area contributed by atoms with Crippen molar-refractivity contribution in [3.05, 3.63) is 29.8 Å². The van der Waals surface area contributed by atoms with Crippen LogP contribution in [0.3, 0.4) is 0 Å². The highest BCUT2D eigenvalue weighted by atomic mass is 28.4. The summed E-state index contributed by atoms with van der Waals surface area (Å²) < 4.78 is 6.61. The van der Waals surface area contributed by atoms with Crippen LogP contribution in [0.1, 0.15) is 66.6 Å². The fourth-order valence-corrected chi connectivity index (χ4v) is 8.80. The molecule has 1 aromatic carbocycles. The molecule has 0 bridgehead atoms. The summed E-state index contributed by atoms with van der Waals surface area (Å²) in [6.45, 7) is 15.7. The molecule has 0 radical (unpaired) electrons. The van der Waals surface area contributed by atoms with Gasteiger partial charge < -0.3 is 9.53 Å². The molecule has 0 amide bonds. The Bertz CT molecular complexity index is 402. The third kappa shape index (κ3) is 3.89. The average Bonchev–Trinajstić information content (AvgIpc) is 2.43. The maximum absolute atomic E-state index is 9.89. The lowest BCUT2D eigenvalue weighted by Crippen LogP contribution is -2.50. The van der Waals surface area contributed by atoms with Crippen molar-refractivity contribution in [2.75, 3.05) is 0 Å². The lowest BCUT2D eigenvalue weighted by atomic mass is 10.1. The molecule has 0 fully saturated rings. The van der Waals surface area contributed by atoms with Crippen LogP contribution in [0, 0.1) is 0 Å². The maximum atomic E-state index is 9.89. The molecular weight excluding hydrogens is 276 g/mol. The summed E-state index contributed by atoms with van der Waals surface area (Å²) in [6.07, 6.45) is 0.365. The van der Waals surface area contributed by atoms with E-state index in [-0.39, 0.29) is 6.10 Å². The Kier molecular flexibility index (Phi) is 6.48. The third-order valence-corrected chi connectivity index (χ3v) is 10.7. The molecule has 1 unspecified atom stereocenters. The smallest absolute Gasteiger partial charge is 0.258 e. The van der Waals surface area contributed by atoms with Crippen molar-refractivity contribution in [3.8, 4) is 5.75 Å². The first-order chi connectivity index (χ1) is 9.75. The van der Waals surface area contributed by atoms with Crippen LogP contribution in [0.4, 0.5) is 0 Å². The van der Waals surface area contributed by atoms with E-state index in [2.05, 4.69) is 41.5 Å². The summed E-state index contributed by atoms with van der Waals surface area (Å²) in [7, 11) is -1.88. The average molecular weight is 309 g/mol. The topological polar surface area (TPSA) is 29.5 Å². The van der Waals surface area contributed by atoms with Crippen LogP contribution in [-0.4, -0.2) is 13.4 Å². The second-order valence-electron chi connectivity index (χ2n) is 6.91. The molecule has 0 aromatic heterocycles. The molecule has 120 valence electrons. The van der Waals surface area contributed by atoms with E-state index in [9.17, 15) is 5.11 Å². The normalized spacial score (nSPS) is 14.0. The summed E-state index contributed by atoms with van der Waals surface area (Å²) in [4.78, 5) is 0. The molecule has 0 saturated heterocycles. The molecule has 1 N–H and O–H groups in total. The van der Waals surface area contributed by atoms with Gasteiger partial charge in [-0.05, 0) is 40.7 Å². The first-order valence-electron chi connectivity index (χ1n) is 8.22. The summed E-state index contributed by atoms with van der Waals surface area (Å²) in [6, 6.07) is 8.01. The minimum Gasteiger partial charge on any atom is -0.543 e. The number of hydrogen-bond donors (Lipinski definition) is 1. The summed E-state index contributed by atoms with van der Waals surface area (Å²) >= 11 is 0. The molecule has 0 heterocycles. The van der Waals surface area contributed by atoms with Gasteiger partial charge in [0.25, 0.3) is 8.32 Å². The standard InChI is InChI=1S/C18H32O2Si/c1-8-18(19)16-9-11-17(12-10-16)20-21(13(2)3,14(4)5)15(6)7/h9-15,18-19H,8H2,1-7H3. The summed E-state index contributed by atoms with van der Waals surface area (Å²) in [5.41, 5.74) is 2.67. The van der Waals surface area contributed by atoms with Crippen molar-refractivity contribution < 1.29 is 9.53 Å². The van der Waals surface area contributed by atoms with E-state index >= 15 is 0 Å². The van der Waals surface area contributed by atoms with E-state index in [0.29, 0.717) is 16.6 Å². The molecule has 0 aliphatic heterocycles. The van der Waals surface area contributed by atoms with E-state index in [1.165, 1.54) is 0 Å². The van der Waals surface area contributed by atoms with E-state index in [1.54, 1.807) is 0 Å². The predicted molar refractivity (Wildman–Crippen MR) is 93.4 cm³/mol. The van der Waals surface area contributed by atoms with Crippen LogP contribution in [0.5, 0.6) is 5.75 Å². The maximum Gasteiger partial charge on any atom is 0.258 e. The summed E-state index contributed by atoms with van der Waals surface area (Å²) in [5.74, 6) is 0.949. The largest absolute Gasteiger partial charge is 0.543 e. The van der Waals surface area contributed by atoms with Crippen LogP contribution in [-0.2, 0) is 0 Å². The molecule has 1 rings (SSSR count). The molecule has 1 aromatic rings. The number of hydrogen-bond acceptors (Lipinski definition) is 2. The van der Waals surface area contributed by atoms with Gasteiger partial charge in [0.1, 0.15) is 5.75 Å². The quantitative estimate of drug-likeness (QED) is 0.656. The molecule has 2 nitrogen and oxygen atoms in total. The molecule has 0 spiro atoms. The zero-order valence-electron chi connectivity index (χ0n) is 14.7. The van der Waals surface area contributed by atoms with Crippen LogP contribution < -0.4 is 4.43 Å². The van der Waals surface area contributed by atoms with Crippen molar-refractivity contribution in [2.45, 2.75) is 77.6 Å². The highest BCUT2D eigenvalue weighted by Gasteiger charge is 2.46. The van der Waals surface area contributed by atoms with Gasteiger partial charge in [0.15, 0.2) is 0 Å². The minimum absolute atomic E-state index is 0.374. The third-order valence-electron chi connectivity index (χ3n) is 4.65. The molecule has 21 heavy (non-hydrogen) atoms. The van der Waals surface area contributed by atoms with Gasteiger partial charge >= 0.3 is 0 Å². The Morgan fingerprint density at radius 1 is 0.905 bits per heavy atom. The fourth-order valence-electron chi connectivity index (χ4n) is 3.55. The molecule has 0 aliphatic rings. The lowest BCUT2D eigenvalue weighted by molar-refractivity contribution is 0.173. The van der Waals surface area contributed by atoms with Gasteiger partial charge in [-0.25, -0.2) is 0 Å². The number of benzene rings is 1. The number of aliphatic hydroxyl groups excluding tert-OH is 1. The van der Waals surface area contributed by atoms with Gasteiger partial charge in [-0.15, -0.1) is 0 Å². The first-order valence-corrected chi connectivity index (χ1v) is 10.4. The zero-order chi connectivity index (χ0) is 16.2. The van der Waals surface area contributed by atoms with E-state index in [0.717, 1.165) is 17.7 Å². The fraction of sp³-hybridized carbons (Fsp3) is 0.667. The zero-order valence-corrected chi connectivity index (χ0v) is 15.7. The second kappa shape index (κ2) is 7.46. The van der Waals surface area contributed by atoms with Crippen LogP contribution >= 0.6 is 0 Å². The van der Waals surface area contributed by atoms with E-state index in [4.69, 9.17) is 4.43 Å². The lowest BCUT2D eigenvalue weighted by Gasteiger charge is -2.42. The van der Waals surface area contributed by atoms with Gasteiger partial charge in [-0.2, -0.15) is 0 Å². The Morgan fingerprint density at radius 3 is 1.67 bits per heavy atom. The van der Waals surface area contributed by atoms with Gasteiger partial charge in [-0.3, -0.25) is 0 Å². The highest BCUT2D eigenvalue weighted by molar-refractivity contribution is 6.78. The summed E-state index contributed by atoms with van der Waals surface area (Å²) in [5, 5.41) is 9.89. The predicted octanol–water partition coefficient (Wildman–Crippen LogP) is 5.68.